The molecule has 108 valence electrons. The van der Waals surface area contributed by atoms with Crippen LogP contribution < -0.4 is 0 Å². The summed E-state index contributed by atoms with van der Waals surface area (Å²) >= 11 is 7.09. The van der Waals surface area contributed by atoms with Crippen LogP contribution in [0.15, 0.2) is 33.2 Å². The molecule has 0 saturated carbocycles. The van der Waals surface area contributed by atoms with E-state index in [4.69, 9.17) is 0 Å². The Morgan fingerprint density at radius 1 is 1.25 bits per heavy atom. The van der Waals surface area contributed by atoms with Crippen molar-refractivity contribution in [2.45, 2.75) is 39.3 Å². The molecule has 1 aromatic carbocycles. The standard InChI is InChI=1S/C15H18Br2N2O/c1-3-19-14(15(17)10(2)18-19)9-12(20)8-11-6-4-5-7-13(11)16/h4-7,12,20H,3,8-9H2,1-2H3. The second-order valence-electron chi connectivity index (χ2n) is 4.82. The summed E-state index contributed by atoms with van der Waals surface area (Å²) in [5, 5.41) is 14.8. The van der Waals surface area contributed by atoms with Gasteiger partial charge in [0.25, 0.3) is 0 Å². The normalized spacial score (nSPS) is 12.7. The van der Waals surface area contributed by atoms with Crippen molar-refractivity contribution < 1.29 is 5.11 Å². The number of hydrogen-bond donors (Lipinski definition) is 1. The highest BCUT2D eigenvalue weighted by atomic mass is 79.9. The zero-order chi connectivity index (χ0) is 14.7. The van der Waals surface area contributed by atoms with E-state index in [1.165, 1.54) is 0 Å². The molecule has 0 aliphatic carbocycles. The predicted molar refractivity (Wildman–Crippen MR) is 87.9 cm³/mol. The third-order valence-electron chi connectivity index (χ3n) is 3.30. The zero-order valence-corrected chi connectivity index (χ0v) is 14.8. The van der Waals surface area contributed by atoms with Crippen LogP contribution in [0.5, 0.6) is 0 Å². The first-order valence-corrected chi connectivity index (χ1v) is 8.24. The number of aromatic nitrogens is 2. The van der Waals surface area contributed by atoms with Crippen molar-refractivity contribution in [2.75, 3.05) is 0 Å². The fourth-order valence-corrected chi connectivity index (χ4v) is 3.17. The lowest BCUT2D eigenvalue weighted by atomic mass is 10.0. The van der Waals surface area contributed by atoms with Crippen LogP contribution in [0.25, 0.3) is 0 Å². The van der Waals surface area contributed by atoms with Crippen molar-refractivity contribution in [3.05, 3.63) is 50.2 Å². The summed E-state index contributed by atoms with van der Waals surface area (Å²) in [6.07, 6.45) is 0.796. The minimum Gasteiger partial charge on any atom is -0.392 e. The molecule has 1 N–H and O–H groups in total. The highest BCUT2D eigenvalue weighted by Gasteiger charge is 2.17. The minimum atomic E-state index is -0.425. The maximum atomic E-state index is 10.4. The van der Waals surface area contributed by atoms with Gasteiger partial charge in [-0.05, 0) is 47.8 Å². The fourth-order valence-electron chi connectivity index (χ4n) is 2.28. The molecule has 0 spiro atoms. The van der Waals surface area contributed by atoms with Gasteiger partial charge in [0.2, 0.25) is 0 Å². The third kappa shape index (κ3) is 3.51. The monoisotopic (exact) mass is 400 g/mol. The summed E-state index contributed by atoms with van der Waals surface area (Å²) in [6.45, 7) is 4.84. The summed E-state index contributed by atoms with van der Waals surface area (Å²) in [6, 6.07) is 8.00. The van der Waals surface area contributed by atoms with E-state index in [1.807, 2.05) is 35.9 Å². The smallest absolute Gasteiger partial charge is 0.0738 e. The molecule has 1 aromatic heterocycles. The number of aliphatic hydroxyl groups excluding tert-OH is 1. The zero-order valence-electron chi connectivity index (χ0n) is 11.6. The van der Waals surface area contributed by atoms with Crippen LogP contribution in [0.1, 0.15) is 23.9 Å². The number of benzene rings is 1. The maximum absolute atomic E-state index is 10.4. The lowest BCUT2D eigenvalue weighted by Crippen LogP contribution is -2.17. The van der Waals surface area contributed by atoms with Gasteiger partial charge in [0, 0.05) is 17.4 Å². The van der Waals surface area contributed by atoms with Crippen molar-refractivity contribution in [2.24, 2.45) is 0 Å². The van der Waals surface area contributed by atoms with Crippen molar-refractivity contribution >= 4 is 31.9 Å². The number of aryl methyl sites for hydroxylation is 2. The minimum absolute atomic E-state index is 0.425. The van der Waals surface area contributed by atoms with Crippen LogP contribution >= 0.6 is 31.9 Å². The largest absolute Gasteiger partial charge is 0.392 e. The van der Waals surface area contributed by atoms with Crippen LogP contribution in [0.3, 0.4) is 0 Å². The number of hydrogen-bond acceptors (Lipinski definition) is 2. The molecule has 20 heavy (non-hydrogen) atoms. The van der Waals surface area contributed by atoms with Crippen LogP contribution in [-0.4, -0.2) is 21.0 Å². The van der Waals surface area contributed by atoms with Crippen LogP contribution in [0, 0.1) is 6.92 Å². The Labute approximate surface area is 136 Å². The number of halogens is 2. The van der Waals surface area contributed by atoms with Crippen LogP contribution in [0.4, 0.5) is 0 Å². The van der Waals surface area contributed by atoms with E-state index in [0.717, 1.165) is 32.4 Å². The van der Waals surface area contributed by atoms with Gasteiger partial charge in [-0.3, -0.25) is 4.68 Å². The fraction of sp³-hybridized carbons (Fsp3) is 0.400. The Morgan fingerprint density at radius 2 is 1.95 bits per heavy atom. The summed E-state index contributed by atoms with van der Waals surface area (Å²) < 4.78 is 3.99. The lowest BCUT2D eigenvalue weighted by Gasteiger charge is -2.13. The first-order chi connectivity index (χ1) is 9.52. The Balaban J connectivity index is 2.12. The molecular formula is C15H18Br2N2O. The van der Waals surface area contributed by atoms with Crippen molar-refractivity contribution in [1.82, 2.24) is 9.78 Å². The van der Waals surface area contributed by atoms with E-state index in [0.29, 0.717) is 12.8 Å². The summed E-state index contributed by atoms with van der Waals surface area (Å²) in [5.41, 5.74) is 3.15. The van der Waals surface area contributed by atoms with Crippen molar-refractivity contribution in [3.63, 3.8) is 0 Å². The average Bonchev–Trinajstić information content (AvgIpc) is 2.69. The van der Waals surface area contributed by atoms with Gasteiger partial charge in [-0.15, -0.1) is 0 Å². The molecule has 1 heterocycles. The Hall–Kier alpha value is -0.650. The molecule has 0 saturated heterocycles. The molecule has 2 aromatic rings. The van der Waals surface area contributed by atoms with Gasteiger partial charge < -0.3 is 5.11 Å². The Bertz CT molecular complexity index is 596. The van der Waals surface area contributed by atoms with E-state index >= 15 is 0 Å². The topological polar surface area (TPSA) is 38.0 Å². The first kappa shape index (κ1) is 15.7. The molecule has 0 radical (unpaired) electrons. The Morgan fingerprint density at radius 3 is 2.60 bits per heavy atom. The van der Waals surface area contributed by atoms with Gasteiger partial charge in [-0.25, -0.2) is 0 Å². The molecular weight excluding hydrogens is 384 g/mol. The number of nitrogens with zero attached hydrogens (tertiary/aromatic N) is 2. The molecule has 3 nitrogen and oxygen atoms in total. The van der Waals surface area contributed by atoms with E-state index in [-0.39, 0.29) is 0 Å². The van der Waals surface area contributed by atoms with Gasteiger partial charge in [0.1, 0.15) is 0 Å². The van der Waals surface area contributed by atoms with E-state index in [1.54, 1.807) is 0 Å². The summed E-state index contributed by atoms with van der Waals surface area (Å²) in [5.74, 6) is 0. The van der Waals surface area contributed by atoms with E-state index in [2.05, 4.69) is 43.9 Å². The van der Waals surface area contributed by atoms with Gasteiger partial charge >= 0.3 is 0 Å². The first-order valence-electron chi connectivity index (χ1n) is 6.66. The summed E-state index contributed by atoms with van der Waals surface area (Å²) in [4.78, 5) is 0. The molecule has 1 unspecified atom stereocenters. The third-order valence-corrected chi connectivity index (χ3v) is 5.10. The van der Waals surface area contributed by atoms with Crippen molar-refractivity contribution in [3.8, 4) is 0 Å². The van der Waals surface area contributed by atoms with E-state index < -0.39 is 6.10 Å². The SMILES string of the molecule is CCn1nc(C)c(Br)c1CC(O)Cc1ccccc1Br. The van der Waals surface area contributed by atoms with Gasteiger partial charge in [0.05, 0.1) is 22.0 Å². The van der Waals surface area contributed by atoms with Gasteiger partial charge in [0.15, 0.2) is 0 Å². The highest BCUT2D eigenvalue weighted by molar-refractivity contribution is 9.10. The quantitative estimate of drug-likeness (QED) is 0.825. The average molecular weight is 402 g/mol. The molecule has 0 amide bonds. The van der Waals surface area contributed by atoms with Crippen LogP contribution in [-0.2, 0) is 19.4 Å². The second-order valence-corrected chi connectivity index (χ2v) is 6.46. The highest BCUT2D eigenvalue weighted by Crippen LogP contribution is 2.24. The lowest BCUT2D eigenvalue weighted by molar-refractivity contribution is 0.172. The molecule has 0 aliphatic rings. The number of aliphatic hydroxyl groups is 1. The van der Waals surface area contributed by atoms with E-state index in [9.17, 15) is 5.11 Å². The maximum Gasteiger partial charge on any atom is 0.0738 e. The molecule has 5 heteroatoms. The van der Waals surface area contributed by atoms with Gasteiger partial charge in [-0.2, -0.15) is 5.10 Å². The predicted octanol–water partition coefficient (Wildman–Crippen LogP) is 3.88. The molecule has 0 aliphatic heterocycles. The van der Waals surface area contributed by atoms with Gasteiger partial charge in [-0.1, -0.05) is 34.1 Å². The summed E-state index contributed by atoms with van der Waals surface area (Å²) in [7, 11) is 0. The molecule has 2 rings (SSSR count). The molecule has 1 atom stereocenters. The number of rotatable bonds is 5. The molecule has 0 bridgehead atoms. The van der Waals surface area contributed by atoms with Crippen molar-refractivity contribution in [1.29, 1.82) is 0 Å². The second kappa shape index (κ2) is 6.87. The Kier molecular flexibility index (Phi) is 5.41. The van der Waals surface area contributed by atoms with Crippen LogP contribution in [0.2, 0.25) is 0 Å². The molecule has 0 fully saturated rings.